The maximum Gasteiger partial charge on any atom is 0.262 e. The Morgan fingerprint density at radius 3 is 2.64 bits per heavy atom. The summed E-state index contributed by atoms with van der Waals surface area (Å²) in [5, 5.41) is 9.49. The fourth-order valence-electron chi connectivity index (χ4n) is 3.07. The van der Waals surface area contributed by atoms with Crippen molar-refractivity contribution in [2.45, 2.75) is 44.6 Å². The van der Waals surface area contributed by atoms with Crippen LogP contribution >= 0.6 is 11.8 Å². The summed E-state index contributed by atoms with van der Waals surface area (Å²) in [6.45, 7) is 7.68. The van der Waals surface area contributed by atoms with E-state index in [2.05, 4.69) is 15.2 Å². The first-order chi connectivity index (χ1) is 13.4. The number of hydrogen-bond donors (Lipinski definition) is 0. The number of fused-ring (bicyclic) bond motifs is 1. The van der Waals surface area contributed by atoms with Crippen molar-refractivity contribution in [2.24, 2.45) is 0 Å². The molecule has 28 heavy (non-hydrogen) atoms. The summed E-state index contributed by atoms with van der Waals surface area (Å²) >= 11 is 1.41. The van der Waals surface area contributed by atoms with E-state index in [0.29, 0.717) is 33.6 Å². The molecule has 4 aromatic rings. The molecule has 4 rings (SSSR count). The molecule has 0 unspecified atom stereocenters. The number of para-hydroxylation sites is 1. The van der Waals surface area contributed by atoms with Crippen LogP contribution in [0.25, 0.3) is 22.4 Å². The van der Waals surface area contributed by atoms with E-state index in [1.54, 1.807) is 10.6 Å². The van der Waals surface area contributed by atoms with Gasteiger partial charge in [0.1, 0.15) is 11.5 Å². The van der Waals surface area contributed by atoms with Crippen LogP contribution in [0.1, 0.15) is 37.3 Å². The van der Waals surface area contributed by atoms with E-state index in [0.717, 1.165) is 17.1 Å². The van der Waals surface area contributed by atoms with E-state index in [1.165, 1.54) is 11.8 Å². The molecule has 144 valence electrons. The SMILES string of the molecule is Cc1cc(-c2nnc(CSc3nc4ccccc4c(=O)n3C(C)C)o2)c(C)o1. The lowest BCUT2D eigenvalue weighted by Gasteiger charge is -2.15. The van der Waals surface area contributed by atoms with Crippen LogP contribution in [0, 0.1) is 13.8 Å². The molecule has 8 heteroatoms. The van der Waals surface area contributed by atoms with Crippen molar-refractivity contribution in [1.82, 2.24) is 19.7 Å². The van der Waals surface area contributed by atoms with Crippen molar-refractivity contribution in [3.8, 4) is 11.5 Å². The molecule has 0 fully saturated rings. The molecule has 0 aliphatic carbocycles. The molecule has 0 aliphatic heterocycles. The maximum absolute atomic E-state index is 12.9. The van der Waals surface area contributed by atoms with E-state index >= 15 is 0 Å². The van der Waals surface area contributed by atoms with Gasteiger partial charge in [0.05, 0.1) is 22.2 Å². The first kappa shape index (κ1) is 18.5. The molecule has 0 atom stereocenters. The zero-order valence-electron chi connectivity index (χ0n) is 16.1. The Hall–Kier alpha value is -2.87. The van der Waals surface area contributed by atoms with Crippen LogP contribution in [0.4, 0.5) is 0 Å². The van der Waals surface area contributed by atoms with Gasteiger partial charge in [-0.15, -0.1) is 10.2 Å². The normalized spacial score (nSPS) is 11.6. The summed E-state index contributed by atoms with van der Waals surface area (Å²) in [4.78, 5) is 17.6. The average molecular weight is 396 g/mol. The number of aromatic nitrogens is 4. The summed E-state index contributed by atoms with van der Waals surface area (Å²) in [5.41, 5.74) is 1.44. The minimum absolute atomic E-state index is 0.0121. The Balaban J connectivity index is 1.63. The molecule has 0 saturated heterocycles. The minimum atomic E-state index is -0.0428. The Bertz CT molecular complexity index is 1210. The molecule has 0 spiro atoms. The van der Waals surface area contributed by atoms with Gasteiger partial charge < -0.3 is 8.83 Å². The molecule has 0 bridgehead atoms. The van der Waals surface area contributed by atoms with E-state index in [9.17, 15) is 4.79 Å². The highest BCUT2D eigenvalue weighted by Crippen LogP contribution is 2.28. The summed E-state index contributed by atoms with van der Waals surface area (Å²) in [5.74, 6) is 2.85. The van der Waals surface area contributed by atoms with Crippen LogP contribution in [0.15, 0.2) is 49.1 Å². The van der Waals surface area contributed by atoms with Crippen LogP contribution in [0.5, 0.6) is 0 Å². The third-order valence-electron chi connectivity index (χ3n) is 4.35. The van der Waals surface area contributed by atoms with Gasteiger partial charge in [0.2, 0.25) is 5.89 Å². The van der Waals surface area contributed by atoms with Crippen LogP contribution in [-0.2, 0) is 5.75 Å². The highest BCUT2D eigenvalue weighted by atomic mass is 32.2. The lowest BCUT2D eigenvalue weighted by molar-refractivity contribution is 0.499. The molecule has 3 aromatic heterocycles. The molecule has 0 saturated carbocycles. The van der Waals surface area contributed by atoms with Gasteiger partial charge in [-0.05, 0) is 45.9 Å². The standard InChI is InChI=1S/C20H20N4O3S/c1-11(2)24-19(25)14-7-5-6-8-16(14)21-20(24)28-10-17-22-23-18(27-17)15-9-12(3)26-13(15)4/h5-9,11H,10H2,1-4H3. The minimum Gasteiger partial charge on any atom is -0.466 e. The van der Waals surface area contributed by atoms with Crippen LogP contribution in [-0.4, -0.2) is 19.7 Å². The van der Waals surface area contributed by atoms with E-state index in [1.807, 2.05) is 52.0 Å². The van der Waals surface area contributed by atoms with Crippen molar-refractivity contribution in [3.63, 3.8) is 0 Å². The predicted octanol–water partition coefficient (Wildman–Crippen LogP) is 4.53. The van der Waals surface area contributed by atoms with Gasteiger partial charge in [-0.3, -0.25) is 9.36 Å². The van der Waals surface area contributed by atoms with E-state index in [4.69, 9.17) is 8.83 Å². The predicted molar refractivity (Wildman–Crippen MR) is 107 cm³/mol. The second-order valence-corrected chi connectivity index (χ2v) is 7.74. The van der Waals surface area contributed by atoms with Gasteiger partial charge in [-0.1, -0.05) is 23.9 Å². The molecular weight excluding hydrogens is 376 g/mol. The number of furan rings is 1. The molecule has 1 aromatic carbocycles. The van der Waals surface area contributed by atoms with E-state index < -0.39 is 0 Å². The van der Waals surface area contributed by atoms with Gasteiger partial charge in [0.15, 0.2) is 5.16 Å². The number of aryl methyl sites for hydroxylation is 2. The van der Waals surface area contributed by atoms with Crippen molar-refractivity contribution >= 4 is 22.7 Å². The Morgan fingerprint density at radius 2 is 1.93 bits per heavy atom. The number of rotatable bonds is 5. The zero-order valence-corrected chi connectivity index (χ0v) is 16.9. The Labute approximate surface area is 165 Å². The quantitative estimate of drug-likeness (QED) is 0.362. The van der Waals surface area contributed by atoms with Gasteiger partial charge in [-0.2, -0.15) is 0 Å². The molecule has 7 nitrogen and oxygen atoms in total. The molecule has 0 N–H and O–H groups in total. The van der Waals surface area contributed by atoms with Crippen molar-refractivity contribution in [2.75, 3.05) is 0 Å². The summed E-state index contributed by atoms with van der Waals surface area (Å²) in [7, 11) is 0. The first-order valence-electron chi connectivity index (χ1n) is 8.98. The van der Waals surface area contributed by atoms with Crippen molar-refractivity contribution in [1.29, 1.82) is 0 Å². The zero-order chi connectivity index (χ0) is 19.8. The number of thioether (sulfide) groups is 1. The Morgan fingerprint density at radius 1 is 1.14 bits per heavy atom. The van der Waals surface area contributed by atoms with Crippen molar-refractivity contribution < 1.29 is 8.83 Å². The topological polar surface area (TPSA) is 87.0 Å². The van der Waals surface area contributed by atoms with Gasteiger partial charge in [0.25, 0.3) is 11.4 Å². The third kappa shape index (κ3) is 3.35. The number of benzene rings is 1. The number of nitrogens with zero attached hydrogens (tertiary/aromatic N) is 4. The molecule has 0 amide bonds. The lowest BCUT2D eigenvalue weighted by Crippen LogP contribution is -2.25. The van der Waals surface area contributed by atoms with Gasteiger partial charge in [-0.25, -0.2) is 4.98 Å². The maximum atomic E-state index is 12.9. The lowest BCUT2D eigenvalue weighted by atomic mass is 10.2. The monoisotopic (exact) mass is 396 g/mol. The van der Waals surface area contributed by atoms with Gasteiger partial charge >= 0.3 is 0 Å². The van der Waals surface area contributed by atoms with Crippen LogP contribution in [0.2, 0.25) is 0 Å². The van der Waals surface area contributed by atoms with Crippen LogP contribution in [0.3, 0.4) is 0 Å². The smallest absolute Gasteiger partial charge is 0.262 e. The van der Waals surface area contributed by atoms with Crippen LogP contribution < -0.4 is 5.56 Å². The second kappa shape index (κ2) is 7.27. The summed E-state index contributed by atoms with van der Waals surface area (Å²) in [6, 6.07) is 9.24. The van der Waals surface area contributed by atoms with Crippen molar-refractivity contribution in [3.05, 3.63) is 58.1 Å². The summed E-state index contributed by atoms with van der Waals surface area (Å²) < 4.78 is 13.0. The fraction of sp³-hybridized carbons (Fsp3) is 0.300. The first-order valence-corrected chi connectivity index (χ1v) is 9.96. The Kier molecular flexibility index (Phi) is 4.80. The van der Waals surface area contributed by atoms with E-state index in [-0.39, 0.29) is 11.6 Å². The fourth-order valence-corrected chi connectivity index (χ4v) is 4.04. The molecule has 0 aliphatic rings. The largest absolute Gasteiger partial charge is 0.466 e. The number of hydrogen-bond acceptors (Lipinski definition) is 7. The molecular formula is C20H20N4O3S. The summed E-state index contributed by atoms with van der Waals surface area (Å²) in [6.07, 6.45) is 0. The average Bonchev–Trinajstić information content (AvgIpc) is 3.25. The molecule has 0 radical (unpaired) electrons. The van der Waals surface area contributed by atoms with Gasteiger partial charge in [0, 0.05) is 6.04 Å². The second-order valence-electron chi connectivity index (χ2n) is 6.80. The highest BCUT2D eigenvalue weighted by molar-refractivity contribution is 7.98. The molecule has 3 heterocycles. The highest BCUT2D eigenvalue weighted by Gasteiger charge is 2.17. The third-order valence-corrected chi connectivity index (χ3v) is 5.29.